The van der Waals surface area contributed by atoms with Gasteiger partial charge in [-0.1, -0.05) is 30.3 Å². The fourth-order valence-electron chi connectivity index (χ4n) is 4.79. The molecule has 1 unspecified atom stereocenters. The summed E-state index contributed by atoms with van der Waals surface area (Å²) in [4.78, 5) is 30.0. The van der Waals surface area contributed by atoms with Crippen molar-refractivity contribution in [2.45, 2.75) is 55.4 Å². The molecule has 4 atom stereocenters. The summed E-state index contributed by atoms with van der Waals surface area (Å²) in [6.07, 6.45) is 1.26. The summed E-state index contributed by atoms with van der Waals surface area (Å²) in [5, 5.41) is 10.9. The average molecular weight is 501 g/mol. The molecule has 2 heterocycles. The number of nitrogens with zero attached hydrogens (tertiary/aromatic N) is 2. The second kappa shape index (κ2) is 11.7. The van der Waals surface area contributed by atoms with Gasteiger partial charge in [0.05, 0.1) is 35.8 Å². The molecule has 0 spiro atoms. The molecule has 2 aliphatic heterocycles. The number of aliphatic hydroxyl groups excluding tert-OH is 1. The molecule has 2 saturated heterocycles. The predicted octanol–water partition coefficient (Wildman–Crippen LogP) is 2.96. The molecule has 0 radical (unpaired) electrons. The van der Waals surface area contributed by atoms with Crippen LogP contribution in [0.15, 0.2) is 59.5 Å². The minimum atomic E-state index is -1.41. The molecule has 0 saturated carbocycles. The summed E-state index contributed by atoms with van der Waals surface area (Å²) in [6, 6.07) is 15.3. The van der Waals surface area contributed by atoms with Gasteiger partial charge in [0.1, 0.15) is 18.4 Å². The van der Waals surface area contributed by atoms with Gasteiger partial charge in [0, 0.05) is 18.0 Å². The van der Waals surface area contributed by atoms with E-state index in [-0.39, 0.29) is 18.3 Å². The minimum Gasteiger partial charge on any atom is -0.497 e. The van der Waals surface area contributed by atoms with Gasteiger partial charge < -0.3 is 19.5 Å². The average Bonchev–Trinajstić information content (AvgIpc) is 3.58. The molecule has 0 bridgehead atoms. The molecule has 8 nitrogen and oxygen atoms in total. The van der Waals surface area contributed by atoms with Crippen LogP contribution in [-0.2, 0) is 26.9 Å². The first-order valence-corrected chi connectivity index (χ1v) is 13.3. The van der Waals surface area contributed by atoms with Gasteiger partial charge in [-0.15, -0.1) is 0 Å². The van der Waals surface area contributed by atoms with Crippen LogP contribution in [-0.4, -0.2) is 75.3 Å². The molecule has 1 N–H and O–H groups in total. The maximum Gasteiger partial charge on any atom is 0.410 e. The van der Waals surface area contributed by atoms with E-state index in [4.69, 9.17) is 9.47 Å². The number of amides is 2. The first kappa shape index (κ1) is 25.2. The maximum absolute atomic E-state index is 13.5. The highest BCUT2D eigenvalue weighted by molar-refractivity contribution is 7.85. The van der Waals surface area contributed by atoms with Gasteiger partial charge in [-0.3, -0.25) is 13.9 Å². The summed E-state index contributed by atoms with van der Waals surface area (Å²) in [7, 11) is 0.152. The van der Waals surface area contributed by atoms with Crippen molar-refractivity contribution in [2.75, 3.05) is 26.0 Å². The van der Waals surface area contributed by atoms with Crippen LogP contribution in [0.1, 0.15) is 31.2 Å². The monoisotopic (exact) mass is 500 g/mol. The summed E-state index contributed by atoms with van der Waals surface area (Å²) in [5.74, 6) is 0.534. The van der Waals surface area contributed by atoms with Crippen molar-refractivity contribution in [2.24, 2.45) is 0 Å². The smallest absolute Gasteiger partial charge is 0.410 e. The van der Waals surface area contributed by atoms with Crippen molar-refractivity contribution < 1.29 is 28.4 Å². The van der Waals surface area contributed by atoms with Crippen LogP contribution in [0.3, 0.4) is 0 Å². The summed E-state index contributed by atoms with van der Waals surface area (Å²) >= 11 is 0. The first-order chi connectivity index (χ1) is 17.0. The van der Waals surface area contributed by atoms with E-state index in [9.17, 15) is 18.9 Å². The Kier molecular flexibility index (Phi) is 8.41. The lowest BCUT2D eigenvalue weighted by Crippen LogP contribution is -2.52. The number of rotatable bonds is 8. The third kappa shape index (κ3) is 6.02. The number of aliphatic hydroxyl groups is 1. The van der Waals surface area contributed by atoms with E-state index in [1.165, 1.54) is 4.90 Å². The minimum absolute atomic E-state index is 0.0360. The molecule has 0 aromatic heterocycles. The van der Waals surface area contributed by atoms with E-state index in [1.807, 2.05) is 30.3 Å². The summed E-state index contributed by atoms with van der Waals surface area (Å²) < 4.78 is 23.4. The first-order valence-electron chi connectivity index (χ1n) is 12.0. The number of carbonyl (C=O) groups excluding carboxylic acids is 2. The van der Waals surface area contributed by atoms with Gasteiger partial charge in [-0.2, -0.15) is 0 Å². The Labute approximate surface area is 208 Å². The van der Waals surface area contributed by atoms with Crippen LogP contribution in [0, 0.1) is 0 Å². The molecule has 2 amide bonds. The van der Waals surface area contributed by atoms with Gasteiger partial charge in [0.15, 0.2) is 0 Å². The van der Waals surface area contributed by atoms with Crippen LogP contribution < -0.4 is 4.74 Å². The Morgan fingerprint density at radius 1 is 1.03 bits per heavy atom. The molecule has 2 aromatic rings. The molecule has 2 aliphatic rings. The highest BCUT2D eigenvalue weighted by Gasteiger charge is 2.42. The van der Waals surface area contributed by atoms with Crippen LogP contribution >= 0.6 is 0 Å². The number of carbonyl (C=O) groups is 2. The zero-order valence-electron chi connectivity index (χ0n) is 19.9. The number of methoxy groups -OCH3 is 1. The van der Waals surface area contributed by atoms with Gasteiger partial charge in [0.2, 0.25) is 5.91 Å². The SMILES string of the molecule is COc1ccc([S@@](=O)CC(O)[C@@H]2CCCN2C(=O)[C@@H]2CCCN2C(=O)OCc2ccccc2)cc1. The Hall–Kier alpha value is -2.91. The topological polar surface area (TPSA) is 96.4 Å². The molecule has 2 aromatic carbocycles. The second-order valence-electron chi connectivity index (χ2n) is 8.89. The largest absolute Gasteiger partial charge is 0.497 e. The van der Waals surface area contributed by atoms with Crippen LogP contribution in [0.2, 0.25) is 0 Å². The summed E-state index contributed by atoms with van der Waals surface area (Å²) in [5.41, 5.74) is 0.885. The van der Waals surface area contributed by atoms with Crippen LogP contribution in [0.4, 0.5) is 4.79 Å². The fraction of sp³-hybridized carbons (Fsp3) is 0.462. The van der Waals surface area contributed by atoms with Crippen LogP contribution in [0.25, 0.3) is 0 Å². The number of hydrogen-bond acceptors (Lipinski definition) is 6. The highest BCUT2D eigenvalue weighted by atomic mass is 32.2. The Bertz CT molecular complexity index is 1030. The van der Waals surface area contributed by atoms with E-state index >= 15 is 0 Å². The molecule has 35 heavy (non-hydrogen) atoms. The van der Waals surface area contributed by atoms with Gasteiger partial charge >= 0.3 is 6.09 Å². The zero-order valence-corrected chi connectivity index (χ0v) is 20.7. The van der Waals surface area contributed by atoms with Crippen molar-refractivity contribution in [3.63, 3.8) is 0 Å². The van der Waals surface area contributed by atoms with Crippen molar-refractivity contribution in [1.29, 1.82) is 0 Å². The molecule has 4 rings (SSSR count). The molecule has 188 valence electrons. The van der Waals surface area contributed by atoms with Crippen molar-refractivity contribution in [3.8, 4) is 5.75 Å². The van der Waals surface area contributed by atoms with Crippen LogP contribution in [0.5, 0.6) is 5.75 Å². The Morgan fingerprint density at radius 3 is 2.43 bits per heavy atom. The quantitative estimate of drug-likeness (QED) is 0.599. The number of ether oxygens (including phenoxy) is 2. The van der Waals surface area contributed by atoms with E-state index < -0.39 is 35.1 Å². The number of hydrogen-bond donors (Lipinski definition) is 1. The molecule has 0 aliphatic carbocycles. The van der Waals surface area contributed by atoms with E-state index in [1.54, 1.807) is 36.3 Å². The molecular weight excluding hydrogens is 468 g/mol. The lowest BCUT2D eigenvalue weighted by molar-refractivity contribution is -0.138. The lowest BCUT2D eigenvalue weighted by atomic mass is 10.1. The highest BCUT2D eigenvalue weighted by Crippen LogP contribution is 2.28. The number of benzene rings is 2. The fourth-order valence-corrected chi connectivity index (χ4v) is 5.96. The van der Waals surface area contributed by atoms with E-state index in [0.29, 0.717) is 36.6 Å². The van der Waals surface area contributed by atoms with E-state index in [0.717, 1.165) is 18.4 Å². The van der Waals surface area contributed by atoms with Crippen molar-refractivity contribution >= 4 is 22.8 Å². The van der Waals surface area contributed by atoms with Gasteiger partial charge in [-0.05, 0) is 55.5 Å². The van der Waals surface area contributed by atoms with Gasteiger partial charge in [-0.25, -0.2) is 4.79 Å². The molecule has 2 fully saturated rings. The molecular formula is C26H32N2O6S. The van der Waals surface area contributed by atoms with Crippen molar-refractivity contribution in [3.05, 3.63) is 60.2 Å². The van der Waals surface area contributed by atoms with Crippen molar-refractivity contribution in [1.82, 2.24) is 9.80 Å². The molecule has 9 heteroatoms. The maximum atomic E-state index is 13.5. The predicted molar refractivity (Wildman–Crippen MR) is 131 cm³/mol. The van der Waals surface area contributed by atoms with E-state index in [2.05, 4.69) is 0 Å². The Balaban J connectivity index is 1.36. The van der Waals surface area contributed by atoms with Gasteiger partial charge in [0.25, 0.3) is 0 Å². The Morgan fingerprint density at radius 2 is 1.71 bits per heavy atom. The second-order valence-corrected chi connectivity index (χ2v) is 10.4. The lowest BCUT2D eigenvalue weighted by Gasteiger charge is -2.33. The standard InChI is InChI=1S/C26H32N2O6S/c1-33-20-11-13-21(14-12-20)35(32)18-24(29)22-9-5-15-27(22)25(30)23-10-6-16-28(23)26(31)34-17-19-7-3-2-4-8-19/h2-4,7-8,11-14,22-24,29H,5-6,9-10,15-18H2,1H3/t22-,23-,24?,35-/m0/s1. The number of likely N-dealkylation sites (tertiary alicyclic amines) is 2. The third-order valence-corrected chi connectivity index (χ3v) is 8.09. The summed E-state index contributed by atoms with van der Waals surface area (Å²) in [6.45, 7) is 1.13. The third-order valence-electron chi connectivity index (χ3n) is 6.65. The normalized spacial score (nSPS) is 21.5. The zero-order chi connectivity index (χ0) is 24.8.